The first-order valence-corrected chi connectivity index (χ1v) is 8.59. The lowest BCUT2D eigenvalue weighted by atomic mass is 10.1. The smallest absolute Gasteiger partial charge is 0.383 e. The summed E-state index contributed by atoms with van der Waals surface area (Å²) in [5, 5.41) is 2.56. The molecule has 4 aromatic rings. The first kappa shape index (κ1) is 19.4. The lowest BCUT2D eigenvalue weighted by Crippen LogP contribution is -2.12. The SMILES string of the molecule is Nc1ncc(-c2ccc3nc(NC(=O)c4cccc(F)c4)cn3c2)cc1C(F)(F)F. The van der Waals surface area contributed by atoms with Crippen molar-refractivity contribution in [2.24, 2.45) is 0 Å². The molecule has 0 radical (unpaired) electrons. The molecule has 1 amide bonds. The Morgan fingerprint density at radius 1 is 1.07 bits per heavy atom. The van der Waals surface area contributed by atoms with Crippen molar-refractivity contribution in [1.82, 2.24) is 14.4 Å². The van der Waals surface area contributed by atoms with E-state index in [1.807, 2.05) is 0 Å². The highest BCUT2D eigenvalue weighted by Gasteiger charge is 2.34. The third-order valence-electron chi connectivity index (χ3n) is 4.34. The Morgan fingerprint density at radius 2 is 1.87 bits per heavy atom. The summed E-state index contributed by atoms with van der Waals surface area (Å²) in [7, 11) is 0. The molecule has 1 aromatic carbocycles. The number of hydrogen-bond acceptors (Lipinski definition) is 4. The highest BCUT2D eigenvalue weighted by Crippen LogP contribution is 2.35. The Labute approximate surface area is 167 Å². The van der Waals surface area contributed by atoms with Crippen molar-refractivity contribution < 1.29 is 22.4 Å². The number of nitrogens with zero attached hydrogens (tertiary/aromatic N) is 3. The van der Waals surface area contributed by atoms with Crippen LogP contribution in [0.4, 0.5) is 29.2 Å². The van der Waals surface area contributed by atoms with Crippen molar-refractivity contribution in [2.45, 2.75) is 6.18 Å². The lowest BCUT2D eigenvalue weighted by molar-refractivity contribution is -0.137. The molecule has 0 aliphatic carbocycles. The van der Waals surface area contributed by atoms with Gasteiger partial charge in [0.05, 0.1) is 11.8 Å². The molecule has 0 saturated carbocycles. The number of halogens is 4. The molecule has 3 heterocycles. The van der Waals surface area contributed by atoms with Gasteiger partial charge in [-0.1, -0.05) is 6.07 Å². The molecule has 0 spiro atoms. The van der Waals surface area contributed by atoms with Gasteiger partial charge in [0.1, 0.15) is 17.3 Å². The second-order valence-corrected chi connectivity index (χ2v) is 6.43. The first-order valence-electron chi connectivity index (χ1n) is 8.59. The summed E-state index contributed by atoms with van der Waals surface area (Å²) in [5.74, 6) is -1.49. The van der Waals surface area contributed by atoms with E-state index in [1.165, 1.54) is 30.6 Å². The van der Waals surface area contributed by atoms with Gasteiger partial charge >= 0.3 is 6.18 Å². The molecule has 0 bridgehead atoms. The number of amides is 1. The standard InChI is InChI=1S/C20H13F4N5O/c21-14-3-1-2-11(6-14)19(30)28-16-10-29-9-12(4-5-17(29)27-16)13-7-15(20(22,23)24)18(25)26-8-13/h1-10H,(H2,25,26)(H,28,30). The van der Waals surface area contributed by atoms with Gasteiger partial charge < -0.3 is 15.5 Å². The summed E-state index contributed by atoms with van der Waals surface area (Å²) in [4.78, 5) is 20.1. The average Bonchev–Trinajstić information content (AvgIpc) is 3.08. The Balaban J connectivity index is 1.64. The van der Waals surface area contributed by atoms with Crippen LogP contribution >= 0.6 is 0 Å². The minimum absolute atomic E-state index is 0.125. The van der Waals surface area contributed by atoms with E-state index in [0.717, 1.165) is 12.1 Å². The summed E-state index contributed by atoms with van der Waals surface area (Å²) in [6.07, 6.45) is -0.338. The van der Waals surface area contributed by atoms with Crippen LogP contribution in [0, 0.1) is 5.82 Å². The normalized spacial score (nSPS) is 11.6. The van der Waals surface area contributed by atoms with Crippen LogP contribution in [0.25, 0.3) is 16.8 Å². The molecule has 3 aromatic heterocycles. The van der Waals surface area contributed by atoms with E-state index >= 15 is 0 Å². The van der Waals surface area contributed by atoms with Gasteiger partial charge in [0, 0.05) is 29.1 Å². The molecule has 0 fully saturated rings. The van der Waals surface area contributed by atoms with Gasteiger partial charge in [0.25, 0.3) is 5.91 Å². The fourth-order valence-corrected chi connectivity index (χ4v) is 2.90. The fraction of sp³-hybridized carbons (Fsp3) is 0.0500. The van der Waals surface area contributed by atoms with Crippen molar-refractivity contribution >= 4 is 23.2 Å². The number of rotatable bonds is 3. The quantitative estimate of drug-likeness (QED) is 0.486. The van der Waals surface area contributed by atoms with E-state index in [1.54, 1.807) is 22.7 Å². The second kappa shape index (κ2) is 7.14. The number of fused-ring (bicyclic) bond motifs is 1. The number of carbonyl (C=O) groups is 1. The number of nitrogens with one attached hydrogen (secondary N) is 1. The van der Waals surface area contributed by atoms with Crippen LogP contribution in [-0.2, 0) is 6.18 Å². The average molecular weight is 415 g/mol. The molecular formula is C20H13F4N5O. The molecular weight excluding hydrogens is 402 g/mol. The van der Waals surface area contributed by atoms with Gasteiger partial charge in [-0.25, -0.2) is 14.4 Å². The number of nitrogens with two attached hydrogens (primary N) is 1. The Bertz CT molecular complexity index is 1270. The molecule has 4 rings (SSSR count). The molecule has 0 unspecified atom stereocenters. The molecule has 0 aliphatic heterocycles. The molecule has 6 nitrogen and oxygen atoms in total. The zero-order chi connectivity index (χ0) is 21.5. The van der Waals surface area contributed by atoms with Crippen molar-refractivity contribution in [1.29, 1.82) is 0 Å². The Morgan fingerprint density at radius 3 is 2.60 bits per heavy atom. The van der Waals surface area contributed by atoms with Gasteiger partial charge in [0.2, 0.25) is 0 Å². The van der Waals surface area contributed by atoms with Crippen molar-refractivity contribution in [2.75, 3.05) is 11.1 Å². The minimum Gasteiger partial charge on any atom is -0.383 e. The van der Waals surface area contributed by atoms with Gasteiger partial charge in [-0.3, -0.25) is 4.79 Å². The van der Waals surface area contributed by atoms with Crippen molar-refractivity contribution in [3.63, 3.8) is 0 Å². The predicted molar refractivity (Wildman–Crippen MR) is 102 cm³/mol. The van der Waals surface area contributed by atoms with Crippen LogP contribution in [0.2, 0.25) is 0 Å². The summed E-state index contributed by atoms with van der Waals surface area (Å²) < 4.78 is 54.1. The van der Waals surface area contributed by atoms with Crippen LogP contribution in [0.3, 0.4) is 0 Å². The van der Waals surface area contributed by atoms with Gasteiger partial charge in [-0.2, -0.15) is 13.2 Å². The zero-order valence-corrected chi connectivity index (χ0v) is 15.1. The van der Waals surface area contributed by atoms with Crippen LogP contribution in [0.15, 0.2) is 61.1 Å². The maximum Gasteiger partial charge on any atom is 0.419 e. The van der Waals surface area contributed by atoms with E-state index in [4.69, 9.17) is 5.73 Å². The van der Waals surface area contributed by atoms with Crippen LogP contribution in [-0.4, -0.2) is 20.3 Å². The van der Waals surface area contributed by atoms with Crippen LogP contribution in [0.5, 0.6) is 0 Å². The van der Waals surface area contributed by atoms with Crippen LogP contribution in [0.1, 0.15) is 15.9 Å². The highest BCUT2D eigenvalue weighted by molar-refractivity contribution is 6.03. The molecule has 0 saturated heterocycles. The number of pyridine rings is 2. The number of alkyl halides is 3. The van der Waals surface area contributed by atoms with E-state index in [2.05, 4.69) is 15.3 Å². The van der Waals surface area contributed by atoms with Crippen molar-refractivity contribution in [3.05, 3.63) is 78.0 Å². The minimum atomic E-state index is -4.62. The number of anilines is 2. The molecule has 3 N–H and O–H groups in total. The number of hydrogen-bond donors (Lipinski definition) is 2. The number of nitrogen functional groups attached to an aromatic ring is 1. The number of imidazole rings is 1. The Hall–Kier alpha value is -3.95. The maximum atomic E-state index is 13.3. The molecule has 0 atom stereocenters. The van der Waals surface area contributed by atoms with Gasteiger partial charge in [-0.15, -0.1) is 0 Å². The van der Waals surface area contributed by atoms with E-state index in [9.17, 15) is 22.4 Å². The number of carbonyl (C=O) groups excluding carboxylic acids is 1. The predicted octanol–water partition coefficient (Wildman–Crippen LogP) is 4.39. The maximum absolute atomic E-state index is 13.3. The first-order chi connectivity index (χ1) is 14.2. The topological polar surface area (TPSA) is 85.3 Å². The van der Waals surface area contributed by atoms with E-state index in [-0.39, 0.29) is 16.9 Å². The summed E-state index contributed by atoms with van der Waals surface area (Å²) in [6, 6.07) is 9.27. The summed E-state index contributed by atoms with van der Waals surface area (Å²) in [6.45, 7) is 0. The van der Waals surface area contributed by atoms with Gasteiger partial charge in [-0.05, 0) is 36.4 Å². The lowest BCUT2D eigenvalue weighted by Gasteiger charge is -2.11. The summed E-state index contributed by atoms with van der Waals surface area (Å²) >= 11 is 0. The van der Waals surface area contributed by atoms with E-state index < -0.39 is 29.3 Å². The monoisotopic (exact) mass is 415 g/mol. The molecule has 0 aliphatic rings. The van der Waals surface area contributed by atoms with E-state index in [0.29, 0.717) is 11.2 Å². The third kappa shape index (κ3) is 3.79. The molecule has 30 heavy (non-hydrogen) atoms. The number of benzene rings is 1. The zero-order valence-electron chi connectivity index (χ0n) is 15.1. The molecule has 10 heteroatoms. The van der Waals surface area contributed by atoms with Crippen molar-refractivity contribution in [3.8, 4) is 11.1 Å². The van der Waals surface area contributed by atoms with Gasteiger partial charge in [0.15, 0.2) is 5.82 Å². The fourth-order valence-electron chi connectivity index (χ4n) is 2.90. The molecule has 152 valence electrons. The number of aromatic nitrogens is 3. The second-order valence-electron chi connectivity index (χ2n) is 6.43. The summed E-state index contributed by atoms with van der Waals surface area (Å²) in [5.41, 5.74) is 5.56. The Kier molecular flexibility index (Phi) is 4.61. The highest BCUT2D eigenvalue weighted by atomic mass is 19.4. The largest absolute Gasteiger partial charge is 0.419 e. The third-order valence-corrected chi connectivity index (χ3v) is 4.34. The van der Waals surface area contributed by atoms with Crippen LogP contribution < -0.4 is 11.1 Å².